The molecule has 10 aromatic rings. The van der Waals surface area contributed by atoms with Crippen LogP contribution in [0.1, 0.15) is 119 Å². The van der Waals surface area contributed by atoms with Gasteiger partial charge in [-0.3, -0.25) is 28.1 Å². The van der Waals surface area contributed by atoms with Crippen LogP contribution in [0.25, 0.3) is 0 Å². The number of nitrogens with one attached hydrogen (secondary N) is 2. The number of nitrogen functional groups attached to an aromatic ring is 1. The molecule has 5 N–H and O–H groups in total. The van der Waals surface area contributed by atoms with Gasteiger partial charge >= 0.3 is 55.7 Å². The molecule has 12 rings (SSSR count). The maximum Gasteiger partial charge on any atom is 0.387 e. The van der Waals surface area contributed by atoms with Crippen LogP contribution in [0.4, 0.5) is 49.1 Å². The Morgan fingerprint density at radius 1 is 0.445 bits per heavy atom. The smallest absolute Gasteiger partial charge is 0.387 e. The van der Waals surface area contributed by atoms with Crippen molar-refractivity contribution in [3.8, 4) is 34.5 Å². The number of anilines is 4. The quantitative estimate of drug-likeness (QED) is 0.00408. The predicted molar refractivity (Wildman–Crippen MR) is 535 cm³/mol. The van der Waals surface area contributed by atoms with Crippen molar-refractivity contribution in [1.29, 1.82) is 0 Å². The van der Waals surface area contributed by atoms with Crippen molar-refractivity contribution in [3.05, 3.63) is 290 Å². The molecule has 0 amide bonds. The summed E-state index contributed by atoms with van der Waals surface area (Å²) in [6.45, 7) is -9.24. The number of halogens is 15. The second-order valence-corrected chi connectivity index (χ2v) is 39.6. The largest absolute Gasteiger partial charge is 0.619 e. The van der Waals surface area contributed by atoms with Gasteiger partial charge in [-0.05, 0) is 151 Å². The fourth-order valence-corrected chi connectivity index (χ4v) is 16.2. The monoisotopic (exact) mass is 2370 g/mol. The van der Waals surface area contributed by atoms with E-state index in [9.17, 15) is 106 Å². The third kappa shape index (κ3) is 41.9. The molecule has 0 spiro atoms. The van der Waals surface area contributed by atoms with Crippen molar-refractivity contribution < 1.29 is 161 Å². The predicted octanol–water partition coefficient (Wildman–Crippen LogP) is 17.7. The summed E-state index contributed by atoms with van der Waals surface area (Å²) in [7, 11) is -4.82. The number of carbonyl (C=O) groups is 7. The molecule has 7 aromatic carbocycles. The lowest BCUT2D eigenvalue weighted by molar-refractivity contribution is -0.605. The van der Waals surface area contributed by atoms with Crippen molar-refractivity contribution in [2.45, 2.75) is 83.1 Å². The molecule has 2 fully saturated rings. The fourth-order valence-electron chi connectivity index (χ4n) is 12.2. The van der Waals surface area contributed by atoms with E-state index in [2.05, 4.69) is 69.7 Å². The molecule has 792 valence electrons. The van der Waals surface area contributed by atoms with E-state index in [1.807, 2.05) is 0 Å². The van der Waals surface area contributed by atoms with E-state index in [0.717, 1.165) is 94.8 Å². The van der Waals surface area contributed by atoms with Crippen molar-refractivity contribution >= 4 is 207 Å². The summed E-state index contributed by atoms with van der Waals surface area (Å²) >= 11 is 47.5. The lowest BCUT2D eigenvalue weighted by atomic mass is 10.0. The Morgan fingerprint density at radius 2 is 0.760 bits per heavy atom. The highest BCUT2D eigenvalue weighted by Gasteiger charge is 2.33. The Balaban J connectivity index is 0.000000279. The zero-order chi connectivity index (χ0) is 109. The Labute approximate surface area is 885 Å². The van der Waals surface area contributed by atoms with E-state index in [4.69, 9.17) is 115 Å². The van der Waals surface area contributed by atoms with Crippen LogP contribution in [0.5, 0.6) is 34.5 Å². The highest BCUT2D eigenvalue weighted by molar-refractivity contribution is 9.09. The van der Waals surface area contributed by atoms with Crippen molar-refractivity contribution in [2.75, 3.05) is 104 Å². The Morgan fingerprint density at radius 3 is 1.10 bits per heavy atom. The van der Waals surface area contributed by atoms with E-state index < -0.39 is 111 Å². The molecule has 0 unspecified atom stereocenters. The fraction of sp³-hybridized carbons (Fsp3) is 0.304. The normalized spacial score (nSPS) is 12.5. The van der Waals surface area contributed by atoms with E-state index in [-0.39, 0.29) is 145 Å². The van der Waals surface area contributed by atoms with Crippen LogP contribution in [0, 0.1) is 27.5 Å². The molecule has 2 aliphatic rings. The number of nitrogens with zero attached hydrogens (tertiary/aromatic N) is 4. The maximum absolute atomic E-state index is 13.3. The Kier molecular flexibility index (Phi) is 49.9. The van der Waals surface area contributed by atoms with Gasteiger partial charge in [0.25, 0.3) is 0 Å². The molecule has 54 heteroatoms. The molecule has 3 aromatic heterocycles. The van der Waals surface area contributed by atoms with Crippen LogP contribution < -0.4 is 62.1 Å². The second kappa shape index (κ2) is 59.3. The van der Waals surface area contributed by atoms with Crippen LogP contribution in [-0.4, -0.2) is 176 Å². The summed E-state index contributed by atoms with van der Waals surface area (Å²) in [5.74, 6) is -3.61. The average Bonchev–Trinajstić information content (AvgIpc) is 1.25. The molecule has 2 saturated carbocycles. The molecule has 0 saturated heterocycles. The minimum atomic E-state index is -4.15. The summed E-state index contributed by atoms with van der Waals surface area (Å²) in [5, 5.41) is 45.2. The molecule has 2 aliphatic carbocycles. The van der Waals surface area contributed by atoms with E-state index in [1.165, 1.54) is 126 Å². The number of hydrogen-bond acceptors (Lipinski definition) is 30. The topological polar surface area (TPSA) is 487 Å². The third-order valence-corrected chi connectivity index (χ3v) is 24.9. The first-order chi connectivity index (χ1) is 68.7. The molecule has 3 atom stereocenters. The second-order valence-electron chi connectivity index (χ2n) is 30.2. The van der Waals surface area contributed by atoms with Gasteiger partial charge in [-0.25, -0.2) is 44.4 Å². The number of sulfonamides is 3. The van der Waals surface area contributed by atoms with Crippen molar-refractivity contribution in [1.82, 2.24) is 0 Å². The number of benzene rings is 7. The Hall–Kier alpha value is -11.7. The number of hydrogen-bond donors (Lipinski definition) is 4. The van der Waals surface area contributed by atoms with Crippen LogP contribution in [-0.2, 0) is 92.1 Å². The van der Waals surface area contributed by atoms with Crippen LogP contribution in [0.2, 0.25) is 30.1 Å². The summed E-state index contributed by atoms with van der Waals surface area (Å²) in [6.07, 6.45) is 10.3. The number of pyridine rings is 3. The van der Waals surface area contributed by atoms with Gasteiger partial charge in [0.05, 0.1) is 118 Å². The van der Waals surface area contributed by atoms with E-state index >= 15 is 0 Å². The Bertz CT molecular complexity index is 6390. The summed E-state index contributed by atoms with van der Waals surface area (Å²) in [6, 6.07) is 37.1. The molecule has 0 bridgehead atoms. The molecule has 0 radical (unpaired) electrons. The number of para-hydroxylation sites is 4. The molecule has 3 heterocycles. The van der Waals surface area contributed by atoms with Gasteiger partial charge in [0.15, 0.2) is 71.7 Å². The number of methoxy groups -OCH3 is 5. The first-order valence-electron chi connectivity index (χ1n) is 41.8. The number of rotatable bonds is 38. The number of aliphatic hydroxyl groups excluding tert-OH is 1. The first-order valence-corrected chi connectivity index (χ1v) is 52.3. The van der Waals surface area contributed by atoms with Crippen LogP contribution in [0.15, 0.2) is 189 Å². The SMILES string of the molecule is COC(=O)c1ccccc1N.COC(=O)c1ccccc1N(CC(=O)O[C@@H](Cc1c(Cl)c[n+]([O-])cc1Cl)c1ccc(OC(F)F)c(OC)c1)S(C)(=O)=O.COC(=O)c1ccccc1NS(C)(=O)=O.COC(=O)c1ccccc1NS(C)(=O)=O.O=C(CBr)O[C@@H](Cc1c(Cl)c[n+]([O-])cc1Cl)c1ccc(OC(F)F)c(OCC2CC2)c1.O=C(Cl)CBr.[O-][n+]1cc(Cl)c(C[C@H](O)c2ccc(OC(F)F)c(OCC3CC3)c2)c(Cl)c1. The van der Waals surface area contributed by atoms with Crippen molar-refractivity contribution in [2.24, 2.45) is 11.8 Å². The third-order valence-electron chi connectivity index (χ3n) is 19.2. The highest BCUT2D eigenvalue weighted by Crippen LogP contribution is 2.42. The van der Waals surface area contributed by atoms with Gasteiger partial charge < -0.3 is 83.3 Å². The van der Waals surface area contributed by atoms with Gasteiger partial charge in [0.2, 0.25) is 35.3 Å². The molecule has 146 heavy (non-hydrogen) atoms. The zero-order valence-corrected chi connectivity index (χ0v) is 88.6. The van der Waals surface area contributed by atoms with Gasteiger partial charge in [-0.2, -0.15) is 40.5 Å². The van der Waals surface area contributed by atoms with Crippen LogP contribution in [0.3, 0.4) is 0 Å². The number of aromatic nitrogens is 3. The summed E-state index contributed by atoms with van der Waals surface area (Å²) in [4.78, 5) is 80.5. The number of carbonyl (C=O) groups excluding carboxylic acids is 7. The standard InChI is InChI=1S/C26H24Cl2F2N2O9S.C20H18BrCl2F2NO5.C18H17Cl2F2NO4.2C9H11NO4S.C8H9NO2.C2H2BrClO/c1-38-23-10-15(8-9-21(23)41-26(29)30)22(11-17-18(27)12-31(35)13-19(17)28)40-24(33)14-32(42(3,36)37)20-7-5-4-6-16(20)25(34)39-2;21-7-19(27)30-17(6-13-14(22)8-26(28)9-15(13)23)12-3-4-16(31-20(24)25)18(5-12)29-10-11-1-2-11;19-13-7-23(25)8-14(20)12(13)6-15(24)11-3-4-16(27-18(21)22)17(5-11)26-9-10-1-2-10;2*1-14-9(11)7-5-3-4-6-8(7)10-15(2,12)13;1-11-8(10)6-4-2-3-5-7(6)9;3-1-2(4)5/h4-10,12-13,22,26H,11,14H2,1-3H3;3-5,8-9,11,17,20H,1-2,6-7,10H2;3-5,7-8,10,15,18,24H,1-2,6,9H2;2*3-6,10H,1-2H3;2-5H,9H2,1H3;1H2/t22-;17-;15-;;;;/m000..../s1. The molecule has 36 nitrogen and oxygen atoms in total. The highest BCUT2D eigenvalue weighted by atomic mass is 79.9. The van der Waals surface area contributed by atoms with Gasteiger partial charge in [-0.15, -0.1) is 0 Å². The lowest BCUT2D eigenvalue weighted by Crippen LogP contribution is -2.37. The lowest BCUT2D eigenvalue weighted by Gasteiger charge is -2.25. The van der Waals surface area contributed by atoms with Crippen LogP contribution >= 0.6 is 113 Å². The van der Waals surface area contributed by atoms with E-state index in [1.54, 1.807) is 48.5 Å². The molecule has 0 aliphatic heterocycles. The first kappa shape index (κ1) is 123. The molecular formula is C92H92Br2Cl7F6N7O29S3. The zero-order valence-electron chi connectivity index (χ0n) is 77.6. The summed E-state index contributed by atoms with van der Waals surface area (Å²) in [5.41, 5.74) is 9.00. The van der Waals surface area contributed by atoms with Gasteiger partial charge in [0.1, 0.15) is 54.2 Å². The molecular weight excluding hydrogens is 2290 g/mol. The van der Waals surface area contributed by atoms with Crippen molar-refractivity contribution in [3.63, 3.8) is 0 Å². The van der Waals surface area contributed by atoms with E-state index in [0.29, 0.717) is 77.1 Å². The van der Waals surface area contributed by atoms with Gasteiger partial charge in [0, 0.05) is 41.6 Å². The minimum absolute atomic E-state index is 0.0373. The minimum Gasteiger partial charge on any atom is -0.619 e. The number of alkyl halides is 8. The number of esters is 6. The van der Waals surface area contributed by atoms with Gasteiger partial charge in [-0.1, -0.05) is 168 Å². The summed E-state index contributed by atoms with van der Waals surface area (Å²) < 4.78 is 212. The number of ether oxygens (including phenoxy) is 12. The number of aliphatic hydroxyl groups is 1. The average molecular weight is 2380 g/mol. The number of nitrogens with two attached hydrogens (primary N) is 1. The maximum atomic E-state index is 13.3.